The summed E-state index contributed by atoms with van der Waals surface area (Å²) in [5.41, 5.74) is 2.37. The zero-order valence-corrected chi connectivity index (χ0v) is 14.3. The van der Waals surface area contributed by atoms with E-state index in [2.05, 4.69) is 10.3 Å². The number of aryl methyl sites for hydroxylation is 3. The van der Waals surface area contributed by atoms with E-state index in [9.17, 15) is 4.79 Å². The van der Waals surface area contributed by atoms with Gasteiger partial charge in [0, 0.05) is 24.3 Å². The van der Waals surface area contributed by atoms with Crippen LogP contribution < -0.4 is 14.8 Å². The Labute approximate surface area is 145 Å². The fourth-order valence-corrected chi connectivity index (χ4v) is 4.26. The first-order valence-electron chi connectivity index (χ1n) is 8.40. The van der Waals surface area contributed by atoms with Gasteiger partial charge in [-0.25, -0.2) is 4.98 Å². The van der Waals surface area contributed by atoms with E-state index in [4.69, 9.17) is 9.47 Å². The molecule has 0 fully saturated rings. The molecular formula is C18H20N2O3S. The second kappa shape index (κ2) is 6.81. The molecule has 1 aromatic heterocycles. The normalized spacial score (nSPS) is 14.7. The number of benzene rings is 1. The van der Waals surface area contributed by atoms with Crippen molar-refractivity contribution in [1.82, 2.24) is 10.3 Å². The number of hydrogen-bond donors (Lipinski definition) is 1. The number of nitrogens with one attached hydrogen (secondary N) is 1. The molecule has 2 aliphatic rings. The third kappa shape index (κ3) is 3.38. The van der Waals surface area contributed by atoms with Crippen LogP contribution >= 0.6 is 11.3 Å². The van der Waals surface area contributed by atoms with Crippen LogP contribution in [-0.4, -0.2) is 24.2 Å². The average molecular weight is 344 g/mol. The van der Waals surface area contributed by atoms with Crippen molar-refractivity contribution in [2.75, 3.05) is 13.3 Å². The highest BCUT2D eigenvalue weighted by Crippen LogP contribution is 2.32. The Kier molecular flexibility index (Phi) is 4.38. The van der Waals surface area contributed by atoms with Crippen molar-refractivity contribution >= 4 is 17.2 Å². The van der Waals surface area contributed by atoms with E-state index in [1.54, 1.807) is 0 Å². The predicted molar refractivity (Wildman–Crippen MR) is 91.7 cm³/mol. The third-order valence-corrected chi connectivity index (χ3v) is 5.60. The van der Waals surface area contributed by atoms with Crippen LogP contribution in [0.25, 0.3) is 0 Å². The Morgan fingerprint density at radius 2 is 2.12 bits per heavy atom. The van der Waals surface area contributed by atoms with Crippen LogP contribution in [0.15, 0.2) is 18.2 Å². The van der Waals surface area contributed by atoms with Gasteiger partial charge in [0.1, 0.15) is 0 Å². The molecule has 1 N–H and O–H groups in total. The molecule has 0 unspecified atom stereocenters. The second-order valence-electron chi connectivity index (χ2n) is 6.12. The Balaban J connectivity index is 1.20. The molecular weight excluding hydrogens is 324 g/mol. The van der Waals surface area contributed by atoms with E-state index in [-0.39, 0.29) is 12.7 Å². The van der Waals surface area contributed by atoms with Gasteiger partial charge in [-0.3, -0.25) is 4.79 Å². The van der Waals surface area contributed by atoms with Crippen LogP contribution in [0.5, 0.6) is 11.5 Å². The van der Waals surface area contributed by atoms with Crippen LogP contribution in [0, 0.1) is 0 Å². The van der Waals surface area contributed by atoms with Gasteiger partial charge in [-0.15, -0.1) is 11.3 Å². The Morgan fingerprint density at radius 3 is 3.04 bits per heavy atom. The summed E-state index contributed by atoms with van der Waals surface area (Å²) in [5.74, 6) is 1.63. The van der Waals surface area contributed by atoms with Gasteiger partial charge in [-0.2, -0.15) is 0 Å². The van der Waals surface area contributed by atoms with Gasteiger partial charge in [0.05, 0.1) is 10.7 Å². The lowest BCUT2D eigenvalue weighted by Crippen LogP contribution is -2.25. The molecule has 1 aromatic carbocycles. The molecule has 5 nitrogen and oxygen atoms in total. The number of carbonyl (C=O) groups excluding carboxylic acids is 1. The number of amides is 1. The molecule has 0 saturated heterocycles. The highest BCUT2D eigenvalue weighted by molar-refractivity contribution is 7.11. The van der Waals surface area contributed by atoms with Gasteiger partial charge in [0.25, 0.3) is 0 Å². The summed E-state index contributed by atoms with van der Waals surface area (Å²) in [6.07, 6.45) is 5.54. The second-order valence-corrected chi connectivity index (χ2v) is 7.29. The summed E-state index contributed by atoms with van der Waals surface area (Å²) in [4.78, 5) is 18.1. The van der Waals surface area contributed by atoms with E-state index in [0.717, 1.165) is 34.9 Å². The summed E-state index contributed by atoms with van der Waals surface area (Å²) in [6.45, 7) is 0.936. The zero-order chi connectivity index (χ0) is 16.4. The Hall–Kier alpha value is -2.08. The summed E-state index contributed by atoms with van der Waals surface area (Å²) < 4.78 is 10.6. The number of hydrogen-bond acceptors (Lipinski definition) is 5. The Bertz CT molecular complexity index is 735. The number of nitrogens with zero attached hydrogens (tertiary/aromatic N) is 1. The van der Waals surface area contributed by atoms with Gasteiger partial charge in [-0.05, 0) is 43.4 Å². The SMILES string of the molecule is O=C(CCc1ccc2c(c1)OCO2)NCCc1nc2c(s1)CCC2. The van der Waals surface area contributed by atoms with Crippen LogP contribution in [0.1, 0.15) is 34.0 Å². The largest absolute Gasteiger partial charge is 0.454 e. The molecule has 126 valence electrons. The molecule has 0 radical (unpaired) electrons. The van der Waals surface area contributed by atoms with Gasteiger partial charge < -0.3 is 14.8 Å². The Morgan fingerprint density at radius 1 is 1.21 bits per heavy atom. The van der Waals surface area contributed by atoms with E-state index < -0.39 is 0 Å². The lowest BCUT2D eigenvalue weighted by atomic mass is 10.1. The monoisotopic (exact) mass is 344 g/mol. The number of thiazole rings is 1. The number of fused-ring (bicyclic) bond motifs is 2. The molecule has 4 rings (SSSR count). The summed E-state index contributed by atoms with van der Waals surface area (Å²) in [6, 6.07) is 5.84. The standard InChI is InChI=1S/C18H20N2O3S/c21-17(7-5-12-4-6-14-15(10-12)23-11-22-14)19-9-8-18-20-13-2-1-3-16(13)24-18/h4,6,10H,1-3,5,7-9,11H2,(H,19,21). The maximum absolute atomic E-state index is 12.0. The minimum atomic E-state index is 0.0803. The van der Waals surface area contributed by atoms with Crippen molar-refractivity contribution in [3.05, 3.63) is 39.3 Å². The van der Waals surface area contributed by atoms with Crippen LogP contribution in [-0.2, 0) is 30.5 Å². The van der Waals surface area contributed by atoms with Gasteiger partial charge >= 0.3 is 0 Å². The maximum Gasteiger partial charge on any atom is 0.231 e. The summed E-state index contributed by atoms with van der Waals surface area (Å²) in [5, 5.41) is 4.14. The first kappa shape index (κ1) is 15.4. The smallest absolute Gasteiger partial charge is 0.231 e. The topological polar surface area (TPSA) is 60.5 Å². The molecule has 6 heteroatoms. The van der Waals surface area contributed by atoms with Crippen LogP contribution in [0.3, 0.4) is 0 Å². The van der Waals surface area contributed by atoms with Crippen molar-refractivity contribution in [2.24, 2.45) is 0 Å². The molecule has 1 aliphatic carbocycles. The van der Waals surface area contributed by atoms with Gasteiger partial charge in [0.2, 0.25) is 12.7 Å². The first-order valence-corrected chi connectivity index (χ1v) is 9.22. The molecule has 0 atom stereocenters. The van der Waals surface area contributed by atoms with E-state index in [0.29, 0.717) is 19.4 Å². The number of ether oxygens (including phenoxy) is 2. The lowest BCUT2D eigenvalue weighted by Gasteiger charge is -2.05. The van der Waals surface area contributed by atoms with Crippen LogP contribution in [0.2, 0.25) is 0 Å². The van der Waals surface area contributed by atoms with Crippen molar-refractivity contribution < 1.29 is 14.3 Å². The molecule has 0 bridgehead atoms. The summed E-state index contributed by atoms with van der Waals surface area (Å²) in [7, 11) is 0. The predicted octanol–water partition coefficient (Wildman–Crippen LogP) is 2.65. The number of carbonyl (C=O) groups is 1. The van der Waals surface area contributed by atoms with Crippen molar-refractivity contribution in [2.45, 2.75) is 38.5 Å². The van der Waals surface area contributed by atoms with E-state index >= 15 is 0 Å². The highest BCUT2D eigenvalue weighted by Gasteiger charge is 2.16. The maximum atomic E-state index is 12.0. The quantitative estimate of drug-likeness (QED) is 0.875. The fourth-order valence-electron chi connectivity index (χ4n) is 3.10. The fraction of sp³-hybridized carbons (Fsp3) is 0.444. The summed E-state index contributed by atoms with van der Waals surface area (Å²) >= 11 is 1.81. The average Bonchev–Trinajstić information content (AvgIpc) is 3.27. The van der Waals surface area contributed by atoms with E-state index in [1.165, 1.54) is 23.4 Å². The first-order chi connectivity index (χ1) is 11.8. The third-order valence-electron chi connectivity index (χ3n) is 4.38. The minimum Gasteiger partial charge on any atom is -0.454 e. The number of aromatic nitrogens is 1. The van der Waals surface area contributed by atoms with E-state index in [1.807, 2.05) is 29.5 Å². The lowest BCUT2D eigenvalue weighted by molar-refractivity contribution is -0.121. The van der Waals surface area contributed by atoms with Crippen molar-refractivity contribution in [3.8, 4) is 11.5 Å². The van der Waals surface area contributed by atoms with Gasteiger partial charge in [-0.1, -0.05) is 6.07 Å². The molecule has 0 spiro atoms. The highest BCUT2D eigenvalue weighted by atomic mass is 32.1. The molecule has 1 aliphatic heterocycles. The molecule has 0 saturated carbocycles. The molecule has 2 heterocycles. The van der Waals surface area contributed by atoms with Crippen LogP contribution in [0.4, 0.5) is 0 Å². The number of rotatable bonds is 6. The molecule has 24 heavy (non-hydrogen) atoms. The van der Waals surface area contributed by atoms with Gasteiger partial charge in [0.15, 0.2) is 11.5 Å². The molecule has 1 amide bonds. The zero-order valence-electron chi connectivity index (χ0n) is 13.5. The molecule has 2 aromatic rings. The minimum absolute atomic E-state index is 0.0803. The van der Waals surface area contributed by atoms with Crippen molar-refractivity contribution in [3.63, 3.8) is 0 Å². The van der Waals surface area contributed by atoms with Crippen molar-refractivity contribution in [1.29, 1.82) is 0 Å².